The monoisotopic (exact) mass is 564 g/mol. The Hall–Kier alpha value is -4.95. The fourth-order valence-electron chi connectivity index (χ4n) is 5.16. The number of aryl methyl sites for hydroxylation is 1. The van der Waals surface area contributed by atoms with Gasteiger partial charge in [0.25, 0.3) is 0 Å². The van der Waals surface area contributed by atoms with E-state index in [1.807, 2.05) is 66.7 Å². The zero-order chi connectivity index (χ0) is 29.6. The number of anilines is 1. The highest BCUT2D eigenvalue weighted by Crippen LogP contribution is 2.44. The second-order valence-corrected chi connectivity index (χ2v) is 10.3. The number of hydrogen-bond donors (Lipinski definition) is 3. The summed E-state index contributed by atoms with van der Waals surface area (Å²) in [5, 5.41) is 14.8. The Labute approximate surface area is 244 Å². The van der Waals surface area contributed by atoms with Gasteiger partial charge in [0.2, 0.25) is 5.91 Å². The molecule has 0 heterocycles. The van der Waals surface area contributed by atoms with E-state index in [1.165, 1.54) is 12.1 Å². The predicted molar refractivity (Wildman–Crippen MR) is 159 cm³/mol. The summed E-state index contributed by atoms with van der Waals surface area (Å²) in [6.45, 7) is 3.76. The molecule has 0 saturated carbocycles. The Bertz CT molecular complexity index is 1560. The van der Waals surface area contributed by atoms with Crippen molar-refractivity contribution in [1.29, 1.82) is 0 Å². The highest BCUT2D eigenvalue weighted by Gasteiger charge is 2.32. The molecule has 4 aromatic rings. The van der Waals surface area contributed by atoms with E-state index in [0.717, 1.165) is 27.8 Å². The van der Waals surface area contributed by atoms with Gasteiger partial charge in [-0.05, 0) is 59.4 Å². The minimum atomic E-state index is -1.13. The summed E-state index contributed by atoms with van der Waals surface area (Å²) in [4.78, 5) is 38.1. The molecule has 2 amide bonds. The number of carboxylic acids is 1. The Morgan fingerprint density at radius 2 is 1.48 bits per heavy atom. The first-order valence-electron chi connectivity index (χ1n) is 13.7. The van der Waals surface area contributed by atoms with Gasteiger partial charge < -0.3 is 25.2 Å². The van der Waals surface area contributed by atoms with E-state index in [-0.39, 0.29) is 24.7 Å². The molecule has 0 fully saturated rings. The number of carbonyl (C=O) groups excluding carboxylic acids is 2. The topological polar surface area (TPSA) is 114 Å². The van der Waals surface area contributed by atoms with Gasteiger partial charge >= 0.3 is 12.1 Å². The van der Waals surface area contributed by atoms with Crippen LogP contribution in [0, 0.1) is 6.92 Å². The lowest BCUT2D eigenvalue weighted by Gasteiger charge is -2.25. The molecule has 0 radical (unpaired) electrons. The Kier molecular flexibility index (Phi) is 8.64. The molecule has 2 unspecified atom stereocenters. The van der Waals surface area contributed by atoms with Crippen LogP contribution < -0.4 is 10.6 Å². The maximum absolute atomic E-state index is 13.5. The lowest BCUT2D eigenvalue weighted by molar-refractivity contribution is -0.122. The first-order valence-corrected chi connectivity index (χ1v) is 13.7. The molecule has 3 N–H and O–H groups in total. The molecule has 0 saturated heterocycles. The Morgan fingerprint density at radius 3 is 2.12 bits per heavy atom. The second kappa shape index (κ2) is 12.7. The van der Waals surface area contributed by atoms with Crippen LogP contribution >= 0.6 is 0 Å². The standard InChI is InChI=1S/C34H32N2O6/c1-21-16-17-24(33(38)39)18-30(21)35-32(37)31(22(2)41-19-23-10-4-3-5-11-23)36-34(40)42-20-29-27-14-8-6-12-25(27)26-13-7-9-15-28(26)29/h3-18,22,29,31H,19-20H2,1-2H3,(H,35,37)(H,36,40)(H,38,39). The number of ether oxygens (including phenoxy) is 2. The average molecular weight is 565 g/mol. The highest BCUT2D eigenvalue weighted by molar-refractivity contribution is 5.99. The van der Waals surface area contributed by atoms with Gasteiger partial charge in [-0.15, -0.1) is 0 Å². The highest BCUT2D eigenvalue weighted by atomic mass is 16.5. The minimum absolute atomic E-state index is 0.0327. The minimum Gasteiger partial charge on any atom is -0.478 e. The first kappa shape index (κ1) is 28.6. The number of benzene rings is 4. The SMILES string of the molecule is Cc1ccc(C(=O)O)cc1NC(=O)C(NC(=O)OCC1c2ccccc2-c2ccccc21)C(C)OCc1ccccc1. The number of alkyl carbamates (subject to hydrolysis) is 1. The molecule has 2 atom stereocenters. The summed E-state index contributed by atoms with van der Waals surface area (Å²) in [6, 6.07) is 28.9. The summed E-state index contributed by atoms with van der Waals surface area (Å²) in [7, 11) is 0. The third-order valence-corrected chi connectivity index (χ3v) is 7.47. The van der Waals surface area contributed by atoms with E-state index in [9.17, 15) is 19.5 Å². The summed E-state index contributed by atoms with van der Waals surface area (Å²) in [5.41, 5.74) is 6.33. The normalized spacial score (nSPS) is 13.4. The molecule has 1 aliphatic carbocycles. The summed E-state index contributed by atoms with van der Waals surface area (Å²) in [5.74, 6) is -1.81. The number of rotatable bonds is 10. The van der Waals surface area contributed by atoms with E-state index in [2.05, 4.69) is 22.8 Å². The molecule has 8 heteroatoms. The van der Waals surface area contributed by atoms with Crippen molar-refractivity contribution in [3.8, 4) is 11.1 Å². The van der Waals surface area contributed by atoms with Crippen LogP contribution in [0.3, 0.4) is 0 Å². The van der Waals surface area contributed by atoms with E-state index in [4.69, 9.17) is 9.47 Å². The molecular formula is C34H32N2O6. The third-order valence-electron chi connectivity index (χ3n) is 7.47. The largest absolute Gasteiger partial charge is 0.478 e. The first-order chi connectivity index (χ1) is 20.3. The van der Waals surface area contributed by atoms with E-state index in [0.29, 0.717) is 11.3 Å². The van der Waals surface area contributed by atoms with Crippen LogP contribution in [0.2, 0.25) is 0 Å². The lowest BCUT2D eigenvalue weighted by Crippen LogP contribution is -2.51. The molecule has 8 nitrogen and oxygen atoms in total. The zero-order valence-corrected chi connectivity index (χ0v) is 23.4. The third kappa shape index (κ3) is 6.34. The van der Waals surface area contributed by atoms with Crippen molar-refractivity contribution in [3.05, 3.63) is 125 Å². The number of carboxylic acid groups (broad SMARTS) is 1. The van der Waals surface area contributed by atoms with Gasteiger partial charge in [-0.3, -0.25) is 4.79 Å². The quantitative estimate of drug-likeness (QED) is 0.213. The number of aromatic carboxylic acids is 1. The maximum atomic E-state index is 13.5. The second-order valence-electron chi connectivity index (χ2n) is 10.3. The molecular weight excluding hydrogens is 532 g/mol. The van der Waals surface area contributed by atoms with Crippen molar-refractivity contribution in [2.75, 3.05) is 11.9 Å². The van der Waals surface area contributed by atoms with Gasteiger partial charge in [-0.1, -0.05) is 84.9 Å². The molecule has 0 bridgehead atoms. The van der Waals surface area contributed by atoms with Gasteiger partial charge in [0.05, 0.1) is 18.3 Å². The number of nitrogens with one attached hydrogen (secondary N) is 2. The number of fused-ring (bicyclic) bond motifs is 3. The smallest absolute Gasteiger partial charge is 0.407 e. The van der Waals surface area contributed by atoms with E-state index < -0.39 is 30.1 Å². The summed E-state index contributed by atoms with van der Waals surface area (Å²) in [6.07, 6.45) is -1.50. The van der Waals surface area contributed by atoms with Crippen LogP contribution in [0.1, 0.15) is 45.5 Å². The van der Waals surface area contributed by atoms with Crippen LogP contribution in [-0.4, -0.2) is 41.8 Å². The number of hydrogen-bond acceptors (Lipinski definition) is 5. The van der Waals surface area contributed by atoms with Gasteiger partial charge in [-0.2, -0.15) is 0 Å². The van der Waals surface area contributed by atoms with Crippen molar-refractivity contribution in [2.24, 2.45) is 0 Å². The molecule has 214 valence electrons. The van der Waals surface area contributed by atoms with Crippen LogP contribution in [0.4, 0.5) is 10.5 Å². The Morgan fingerprint density at radius 1 is 0.857 bits per heavy atom. The molecule has 5 rings (SSSR count). The van der Waals surface area contributed by atoms with Gasteiger partial charge in [0, 0.05) is 11.6 Å². The van der Waals surface area contributed by atoms with Crippen molar-refractivity contribution >= 4 is 23.7 Å². The van der Waals surface area contributed by atoms with E-state index >= 15 is 0 Å². The molecule has 0 aromatic heterocycles. The lowest BCUT2D eigenvalue weighted by atomic mass is 9.98. The predicted octanol–water partition coefficient (Wildman–Crippen LogP) is 6.14. The van der Waals surface area contributed by atoms with Gasteiger partial charge in [0.15, 0.2) is 0 Å². The molecule has 42 heavy (non-hydrogen) atoms. The van der Waals surface area contributed by atoms with Crippen LogP contribution in [-0.2, 0) is 20.9 Å². The number of carbonyl (C=O) groups is 3. The molecule has 4 aromatic carbocycles. The van der Waals surface area contributed by atoms with E-state index in [1.54, 1.807) is 19.9 Å². The molecule has 0 spiro atoms. The van der Waals surface area contributed by atoms with Crippen LogP contribution in [0.25, 0.3) is 11.1 Å². The Balaban J connectivity index is 1.31. The number of amides is 2. The molecule has 1 aliphatic rings. The fourth-order valence-corrected chi connectivity index (χ4v) is 5.16. The molecule has 0 aliphatic heterocycles. The van der Waals surface area contributed by atoms with Crippen molar-refractivity contribution < 1.29 is 29.0 Å². The zero-order valence-electron chi connectivity index (χ0n) is 23.4. The maximum Gasteiger partial charge on any atom is 0.407 e. The van der Waals surface area contributed by atoms with Crippen LogP contribution in [0.15, 0.2) is 97.1 Å². The van der Waals surface area contributed by atoms with Crippen molar-refractivity contribution in [3.63, 3.8) is 0 Å². The van der Waals surface area contributed by atoms with Gasteiger partial charge in [-0.25, -0.2) is 9.59 Å². The summed E-state index contributed by atoms with van der Waals surface area (Å²) < 4.78 is 11.7. The fraction of sp³-hybridized carbons (Fsp3) is 0.206. The van der Waals surface area contributed by atoms with Crippen molar-refractivity contribution in [1.82, 2.24) is 5.32 Å². The average Bonchev–Trinajstić information content (AvgIpc) is 3.32. The summed E-state index contributed by atoms with van der Waals surface area (Å²) >= 11 is 0. The van der Waals surface area contributed by atoms with Crippen LogP contribution in [0.5, 0.6) is 0 Å². The van der Waals surface area contributed by atoms with Crippen molar-refractivity contribution in [2.45, 2.75) is 38.5 Å². The van der Waals surface area contributed by atoms with Gasteiger partial charge in [0.1, 0.15) is 12.6 Å².